The first-order valence-corrected chi connectivity index (χ1v) is 7.20. The van der Waals surface area contributed by atoms with Crippen molar-refractivity contribution < 1.29 is 0 Å². The molecule has 0 aliphatic carbocycles. The fourth-order valence-corrected chi connectivity index (χ4v) is 2.71. The van der Waals surface area contributed by atoms with Crippen LogP contribution in [0.1, 0.15) is 31.7 Å². The average molecular weight is 245 g/mol. The van der Waals surface area contributed by atoms with Crippen LogP contribution in [-0.2, 0) is 6.42 Å². The third-order valence-electron chi connectivity index (χ3n) is 3.75. The number of aryl methyl sites for hydroxylation is 1. The Bertz CT molecular complexity index is 337. The molecule has 2 nitrogen and oxygen atoms in total. The van der Waals surface area contributed by atoms with E-state index in [9.17, 15) is 0 Å². The highest BCUT2D eigenvalue weighted by molar-refractivity contribution is 5.48. The van der Waals surface area contributed by atoms with Gasteiger partial charge in [-0.3, -0.25) is 0 Å². The highest BCUT2D eigenvalue weighted by atomic mass is 15.1. The van der Waals surface area contributed by atoms with Crippen molar-refractivity contribution in [3.8, 4) is 0 Å². The van der Waals surface area contributed by atoms with Gasteiger partial charge in [0.05, 0.1) is 0 Å². The molecule has 1 radical (unpaired) electrons. The third kappa shape index (κ3) is 3.49. The van der Waals surface area contributed by atoms with Gasteiger partial charge >= 0.3 is 0 Å². The van der Waals surface area contributed by atoms with Crippen molar-refractivity contribution >= 4 is 5.69 Å². The van der Waals surface area contributed by atoms with Gasteiger partial charge in [-0.2, -0.15) is 0 Å². The number of rotatable bonds is 5. The second-order valence-corrected chi connectivity index (χ2v) is 5.09. The van der Waals surface area contributed by atoms with Crippen LogP contribution in [0.15, 0.2) is 24.3 Å². The fraction of sp³-hybridized carbons (Fsp3) is 0.562. The fourth-order valence-electron chi connectivity index (χ4n) is 2.71. The smallest absolute Gasteiger partial charge is 0.0366 e. The zero-order valence-electron chi connectivity index (χ0n) is 11.5. The van der Waals surface area contributed by atoms with Gasteiger partial charge in [0.2, 0.25) is 0 Å². The molecular formula is C16H25N2. The van der Waals surface area contributed by atoms with Gasteiger partial charge in [-0.05, 0) is 49.9 Å². The largest absolute Gasteiger partial charge is 0.371 e. The average Bonchev–Trinajstić information content (AvgIpc) is 2.41. The molecule has 1 aromatic carbocycles. The summed E-state index contributed by atoms with van der Waals surface area (Å²) in [4.78, 5) is 2.50. The number of nitrogens with zero attached hydrogens (tertiary/aromatic N) is 1. The monoisotopic (exact) mass is 245 g/mol. The van der Waals surface area contributed by atoms with Crippen molar-refractivity contribution in [2.45, 2.75) is 38.6 Å². The first-order valence-electron chi connectivity index (χ1n) is 7.20. The molecule has 0 amide bonds. The summed E-state index contributed by atoms with van der Waals surface area (Å²) in [6.07, 6.45) is 4.58. The molecule has 1 saturated heterocycles. The van der Waals surface area contributed by atoms with Crippen molar-refractivity contribution in [3.63, 3.8) is 0 Å². The number of piperidine rings is 1. The molecule has 0 unspecified atom stereocenters. The maximum absolute atomic E-state index is 3.90. The normalized spacial score (nSPS) is 17.1. The lowest BCUT2D eigenvalue weighted by Gasteiger charge is -2.34. The Balaban J connectivity index is 1.89. The van der Waals surface area contributed by atoms with Crippen LogP contribution in [0.5, 0.6) is 0 Å². The van der Waals surface area contributed by atoms with Gasteiger partial charge in [-0.15, -0.1) is 0 Å². The minimum absolute atomic E-state index is 0.719. The molecule has 0 aromatic heterocycles. The third-order valence-corrected chi connectivity index (χ3v) is 3.75. The molecule has 1 aliphatic heterocycles. The van der Waals surface area contributed by atoms with Crippen LogP contribution in [-0.4, -0.2) is 25.7 Å². The summed E-state index contributed by atoms with van der Waals surface area (Å²) < 4.78 is 0. The van der Waals surface area contributed by atoms with Crippen LogP contribution in [0, 0.1) is 6.92 Å². The van der Waals surface area contributed by atoms with Crippen LogP contribution in [0.25, 0.3) is 0 Å². The van der Waals surface area contributed by atoms with Gasteiger partial charge in [-0.25, -0.2) is 0 Å². The zero-order chi connectivity index (χ0) is 12.8. The van der Waals surface area contributed by atoms with Crippen LogP contribution in [0.3, 0.4) is 0 Å². The van der Waals surface area contributed by atoms with Crippen LogP contribution < -0.4 is 10.2 Å². The van der Waals surface area contributed by atoms with Gasteiger partial charge < -0.3 is 10.2 Å². The number of anilines is 1. The Labute approximate surface area is 111 Å². The second kappa shape index (κ2) is 6.79. The molecule has 0 spiro atoms. The summed E-state index contributed by atoms with van der Waals surface area (Å²) in [7, 11) is 0. The molecule has 1 heterocycles. The predicted octanol–water partition coefficient (Wildman–Crippen LogP) is 3.03. The predicted molar refractivity (Wildman–Crippen MR) is 79.0 cm³/mol. The van der Waals surface area contributed by atoms with E-state index in [2.05, 4.69) is 48.3 Å². The van der Waals surface area contributed by atoms with Crippen molar-refractivity contribution in [2.24, 2.45) is 0 Å². The lowest BCUT2D eigenvalue weighted by Crippen LogP contribution is -2.42. The van der Waals surface area contributed by atoms with Crippen LogP contribution >= 0.6 is 0 Å². The lowest BCUT2D eigenvalue weighted by atomic mass is 10.0. The molecule has 0 bridgehead atoms. The van der Waals surface area contributed by atoms with E-state index in [1.807, 2.05) is 0 Å². The minimum Gasteiger partial charge on any atom is -0.371 e. The molecular weight excluding hydrogens is 220 g/mol. The van der Waals surface area contributed by atoms with E-state index in [0.717, 1.165) is 25.4 Å². The molecule has 18 heavy (non-hydrogen) atoms. The number of benzene rings is 1. The Kier molecular flexibility index (Phi) is 5.06. The van der Waals surface area contributed by atoms with E-state index in [1.165, 1.54) is 37.2 Å². The highest BCUT2D eigenvalue weighted by Gasteiger charge is 2.18. The summed E-state index contributed by atoms with van der Waals surface area (Å²) >= 11 is 0. The summed E-state index contributed by atoms with van der Waals surface area (Å²) in [6, 6.07) is 9.74. The summed E-state index contributed by atoms with van der Waals surface area (Å²) in [5.41, 5.74) is 2.77. The molecule has 1 N–H and O–H groups in total. The first kappa shape index (κ1) is 13.4. The SMILES string of the molecule is [CH2]CCc1ccc(N2CCC(NCC)CC2)cc1. The van der Waals surface area contributed by atoms with Crippen molar-refractivity contribution in [2.75, 3.05) is 24.5 Å². The van der Waals surface area contributed by atoms with Gasteiger partial charge in [0.25, 0.3) is 0 Å². The van der Waals surface area contributed by atoms with E-state index >= 15 is 0 Å². The number of hydrogen-bond acceptors (Lipinski definition) is 2. The van der Waals surface area contributed by atoms with E-state index < -0.39 is 0 Å². The number of hydrogen-bond donors (Lipinski definition) is 1. The van der Waals surface area contributed by atoms with Crippen molar-refractivity contribution in [1.82, 2.24) is 5.32 Å². The Morgan fingerprint density at radius 3 is 2.44 bits per heavy atom. The van der Waals surface area contributed by atoms with E-state index in [-0.39, 0.29) is 0 Å². The summed E-state index contributed by atoms with van der Waals surface area (Å²) in [5.74, 6) is 0. The topological polar surface area (TPSA) is 15.3 Å². The Morgan fingerprint density at radius 1 is 1.22 bits per heavy atom. The van der Waals surface area contributed by atoms with Gasteiger partial charge in [-0.1, -0.05) is 26.0 Å². The first-order chi connectivity index (χ1) is 8.83. The summed E-state index contributed by atoms with van der Waals surface area (Å²) in [5, 5.41) is 3.55. The molecule has 1 aromatic rings. The molecule has 0 atom stereocenters. The van der Waals surface area contributed by atoms with E-state index in [0.29, 0.717) is 0 Å². The van der Waals surface area contributed by atoms with Crippen molar-refractivity contribution in [1.29, 1.82) is 0 Å². The molecule has 2 heteroatoms. The second-order valence-electron chi connectivity index (χ2n) is 5.09. The lowest BCUT2D eigenvalue weighted by molar-refractivity contribution is 0.424. The minimum atomic E-state index is 0.719. The zero-order valence-corrected chi connectivity index (χ0v) is 11.5. The molecule has 2 rings (SSSR count). The van der Waals surface area contributed by atoms with Crippen LogP contribution in [0.2, 0.25) is 0 Å². The highest BCUT2D eigenvalue weighted by Crippen LogP contribution is 2.20. The van der Waals surface area contributed by atoms with Gasteiger partial charge in [0.1, 0.15) is 0 Å². The Hall–Kier alpha value is -1.02. The quantitative estimate of drug-likeness (QED) is 0.858. The molecule has 0 saturated carbocycles. The van der Waals surface area contributed by atoms with Gasteiger partial charge in [0, 0.05) is 24.8 Å². The van der Waals surface area contributed by atoms with Crippen LogP contribution in [0.4, 0.5) is 5.69 Å². The van der Waals surface area contributed by atoms with E-state index in [4.69, 9.17) is 0 Å². The molecule has 1 fully saturated rings. The van der Waals surface area contributed by atoms with E-state index in [1.54, 1.807) is 0 Å². The standard InChI is InChI=1S/C16H25N2/c1-3-5-14-6-8-16(9-7-14)18-12-10-15(11-13-18)17-4-2/h6-9,15,17H,1,3-5,10-13H2,2H3. The van der Waals surface area contributed by atoms with Crippen molar-refractivity contribution in [3.05, 3.63) is 36.8 Å². The molecule has 99 valence electrons. The summed E-state index contributed by atoms with van der Waals surface area (Å²) in [6.45, 7) is 9.52. The maximum atomic E-state index is 3.90. The molecule has 1 aliphatic rings. The van der Waals surface area contributed by atoms with Gasteiger partial charge in [0.15, 0.2) is 0 Å². The maximum Gasteiger partial charge on any atom is 0.0366 e. The Morgan fingerprint density at radius 2 is 1.89 bits per heavy atom. The number of nitrogens with one attached hydrogen (secondary N) is 1.